The van der Waals surface area contributed by atoms with E-state index in [1.54, 1.807) is 36.4 Å². The standard InChI is InChI=1S/C33H28N2O7/c36-30(19-23-15-17-26(18-16-23)42-25-11-5-2-6-12-25)29(21-40-20-24-9-3-1-4-10-24)34-31(37)22-41-35-32(38)27-13-7-8-14-28(27)33(35)39/h1-18,29H,19-22H2,(H,34,37). The number of ether oxygens (including phenoxy) is 2. The molecular weight excluding hydrogens is 536 g/mol. The Balaban J connectivity index is 1.20. The fourth-order valence-electron chi connectivity index (χ4n) is 4.35. The second-order valence-corrected chi connectivity index (χ2v) is 9.55. The summed E-state index contributed by atoms with van der Waals surface area (Å²) < 4.78 is 11.6. The Hall–Kier alpha value is -5.12. The van der Waals surface area contributed by atoms with Gasteiger partial charge in [-0.05, 0) is 47.5 Å². The monoisotopic (exact) mass is 564 g/mol. The Morgan fingerprint density at radius 1 is 0.690 bits per heavy atom. The number of para-hydroxylation sites is 1. The van der Waals surface area contributed by atoms with E-state index in [0.717, 1.165) is 11.1 Å². The maximum atomic E-state index is 13.3. The summed E-state index contributed by atoms with van der Waals surface area (Å²) in [7, 11) is 0. The Morgan fingerprint density at radius 3 is 1.90 bits per heavy atom. The number of Topliss-reactive ketones (excluding diaryl/α,β-unsaturated/α-hetero) is 1. The zero-order chi connectivity index (χ0) is 29.3. The van der Waals surface area contributed by atoms with Crippen LogP contribution in [0.1, 0.15) is 31.8 Å². The first-order chi connectivity index (χ1) is 20.5. The molecule has 0 fully saturated rings. The first kappa shape index (κ1) is 28.4. The normalized spacial score (nSPS) is 13.0. The number of nitrogens with zero attached hydrogens (tertiary/aromatic N) is 1. The third-order valence-corrected chi connectivity index (χ3v) is 6.48. The molecule has 1 heterocycles. The number of carbonyl (C=O) groups is 4. The van der Waals surface area contributed by atoms with Crippen LogP contribution >= 0.6 is 0 Å². The average molecular weight is 565 g/mol. The molecule has 0 saturated carbocycles. The van der Waals surface area contributed by atoms with Crippen molar-refractivity contribution in [3.63, 3.8) is 0 Å². The molecule has 1 N–H and O–H groups in total. The molecule has 0 spiro atoms. The minimum Gasteiger partial charge on any atom is -0.457 e. The highest BCUT2D eigenvalue weighted by Gasteiger charge is 2.37. The molecule has 4 aromatic rings. The number of nitrogens with one attached hydrogen (secondary N) is 1. The van der Waals surface area contributed by atoms with Crippen LogP contribution in [0, 0.1) is 0 Å². The van der Waals surface area contributed by atoms with Gasteiger partial charge in [-0.1, -0.05) is 72.8 Å². The van der Waals surface area contributed by atoms with Crippen LogP contribution in [0.25, 0.3) is 0 Å². The van der Waals surface area contributed by atoms with Crippen LogP contribution in [0.5, 0.6) is 11.5 Å². The van der Waals surface area contributed by atoms with E-state index in [0.29, 0.717) is 16.6 Å². The average Bonchev–Trinajstić information content (AvgIpc) is 3.26. The largest absolute Gasteiger partial charge is 0.457 e. The SMILES string of the molecule is O=C(CON1C(=O)c2ccccc2C1=O)NC(COCc1ccccc1)C(=O)Cc1ccc(Oc2ccccc2)cc1. The van der Waals surface area contributed by atoms with Crippen molar-refractivity contribution in [1.82, 2.24) is 10.4 Å². The summed E-state index contributed by atoms with van der Waals surface area (Å²) in [6.45, 7) is -0.474. The van der Waals surface area contributed by atoms with Crippen LogP contribution in [0.3, 0.4) is 0 Å². The van der Waals surface area contributed by atoms with Crippen molar-refractivity contribution in [2.24, 2.45) is 0 Å². The fraction of sp³-hybridized carbons (Fsp3) is 0.152. The number of benzene rings is 4. The third kappa shape index (κ3) is 7.14. The van der Waals surface area contributed by atoms with Crippen LogP contribution < -0.4 is 10.1 Å². The predicted molar refractivity (Wildman–Crippen MR) is 153 cm³/mol. The fourth-order valence-corrected chi connectivity index (χ4v) is 4.35. The van der Waals surface area contributed by atoms with E-state index in [-0.39, 0.29) is 36.5 Å². The summed E-state index contributed by atoms with van der Waals surface area (Å²) in [5, 5.41) is 3.19. The molecule has 0 bridgehead atoms. The van der Waals surface area contributed by atoms with E-state index in [1.807, 2.05) is 60.7 Å². The molecule has 1 aliphatic rings. The van der Waals surface area contributed by atoms with Gasteiger partial charge in [-0.3, -0.25) is 24.0 Å². The second kappa shape index (κ2) is 13.5. The van der Waals surface area contributed by atoms with Crippen LogP contribution in [0.2, 0.25) is 0 Å². The predicted octanol–water partition coefficient (Wildman–Crippen LogP) is 4.52. The molecule has 4 aromatic carbocycles. The lowest BCUT2D eigenvalue weighted by atomic mass is 10.0. The van der Waals surface area contributed by atoms with Gasteiger partial charge < -0.3 is 14.8 Å². The van der Waals surface area contributed by atoms with E-state index in [9.17, 15) is 19.2 Å². The van der Waals surface area contributed by atoms with Gasteiger partial charge in [-0.25, -0.2) is 0 Å². The summed E-state index contributed by atoms with van der Waals surface area (Å²) in [5.41, 5.74) is 2.04. The first-order valence-corrected chi connectivity index (χ1v) is 13.3. The first-order valence-electron chi connectivity index (χ1n) is 13.3. The number of hydroxylamine groups is 2. The van der Waals surface area contributed by atoms with E-state index < -0.39 is 30.4 Å². The lowest BCUT2D eigenvalue weighted by Gasteiger charge is -2.19. The molecule has 3 amide bonds. The van der Waals surface area contributed by atoms with Crippen LogP contribution in [-0.4, -0.2) is 47.8 Å². The molecule has 0 radical (unpaired) electrons. The van der Waals surface area contributed by atoms with Gasteiger partial charge in [0.05, 0.1) is 24.3 Å². The van der Waals surface area contributed by atoms with E-state index in [2.05, 4.69) is 5.32 Å². The lowest BCUT2D eigenvalue weighted by molar-refractivity contribution is -0.142. The number of imide groups is 1. The molecule has 1 aliphatic heterocycles. The maximum Gasteiger partial charge on any atom is 0.285 e. The molecule has 9 heteroatoms. The van der Waals surface area contributed by atoms with E-state index >= 15 is 0 Å². The Morgan fingerprint density at radius 2 is 1.26 bits per heavy atom. The Labute approximate surface area is 242 Å². The highest BCUT2D eigenvalue weighted by Crippen LogP contribution is 2.23. The highest BCUT2D eigenvalue weighted by atomic mass is 16.7. The Kier molecular flexibility index (Phi) is 9.13. The molecule has 42 heavy (non-hydrogen) atoms. The number of ketones is 1. The summed E-state index contributed by atoms with van der Waals surface area (Å²) in [5.74, 6) is -0.945. The van der Waals surface area contributed by atoms with Gasteiger partial charge in [0.1, 0.15) is 17.5 Å². The van der Waals surface area contributed by atoms with Gasteiger partial charge in [0.25, 0.3) is 11.8 Å². The van der Waals surface area contributed by atoms with Crippen molar-refractivity contribution < 1.29 is 33.5 Å². The quantitative estimate of drug-likeness (QED) is 0.238. The molecule has 0 aromatic heterocycles. The lowest BCUT2D eigenvalue weighted by Crippen LogP contribution is -2.47. The summed E-state index contributed by atoms with van der Waals surface area (Å²) >= 11 is 0. The molecule has 0 saturated heterocycles. The molecule has 5 rings (SSSR count). The minimum absolute atomic E-state index is 0.0323. The van der Waals surface area contributed by atoms with Gasteiger partial charge in [-0.15, -0.1) is 5.06 Å². The van der Waals surface area contributed by atoms with Gasteiger partial charge >= 0.3 is 0 Å². The molecule has 0 aliphatic carbocycles. The van der Waals surface area contributed by atoms with E-state index in [1.165, 1.54) is 12.1 Å². The number of rotatable bonds is 13. The second-order valence-electron chi connectivity index (χ2n) is 9.55. The molecule has 9 nitrogen and oxygen atoms in total. The molecule has 1 atom stereocenters. The smallest absolute Gasteiger partial charge is 0.285 e. The minimum atomic E-state index is -0.993. The van der Waals surface area contributed by atoms with Crippen LogP contribution in [0.15, 0.2) is 109 Å². The number of hydrogen-bond acceptors (Lipinski definition) is 7. The molecule has 1 unspecified atom stereocenters. The van der Waals surface area contributed by atoms with Gasteiger partial charge in [0, 0.05) is 6.42 Å². The van der Waals surface area contributed by atoms with Crippen LogP contribution in [-0.2, 0) is 32.2 Å². The number of amides is 3. The summed E-state index contributed by atoms with van der Waals surface area (Å²) in [6.07, 6.45) is 0.0323. The maximum absolute atomic E-state index is 13.3. The number of carbonyl (C=O) groups excluding carboxylic acids is 4. The topological polar surface area (TPSA) is 111 Å². The van der Waals surface area contributed by atoms with Crippen LogP contribution in [0.4, 0.5) is 0 Å². The summed E-state index contributed by atoms with van der Waals surface area (Å²) in [6, 6.07) is 31.2. The molecule has 212 valence electrons. The Bertz CT molecular complexity index is 1520. The van der Waals surface area contributed by atoms with Gasteiger partial charge in [0.2, 0.25) is 5.91 Å². The van der Waals surface area contributed by atoms with Crippen molar-refractivity contribution in [1.29, 1.82) is 0 Å². The molecular formula is C33H28N2O7. The van der Waals surface area contributed by atoms with Crippen molar-refractivity contribution in [2.45, 2.75) is 19.1 Å². The van der Waals surface area contributed by atoms with Crippen molar-refractivity contribution >= 4 is 23.5 Å². The van der Waals surface area contributed by atoms with Crippen molar-refractivity contribution in [3.05, 3.63) is 131 Å². The van der Waals surface area contributed by atoms with E-state index in [4.69, 9.17) is 14.3 Å². The number of hydrogen-bond donors (Lipinski definition) is 1. The highest BCUT2D eigenvalue weighted by molar-refractivity contribution is 6.20. The zero-order valence-electron chi connectivity index (χ0n) is 22.6. The third-order valence-electron chi connectivity index (χ3n) is 6.48. The van der Waals surface area contributed by atoms with Gasteiger partial charge in [0.15, 0.2) is 12.4 Å². The zero-order valence-corrected chi connectivity index (χ0v) is 22.6. The van der Waals surface area contributed by atoms with Gasteiger partial charge in [-0.2, -0.15) is 0 Å². The number of fused-ring (bicyclic) bond motifs is 1. The van der Waals surface area contributed by atoms with Crippen molar-refractivity contribution in [2.75, 3.05) is 13.2 Å². The van der Waals surface area contributed by atoms with Crippen molar-refractivity contribution in [3.8, 4) is 11.5 Å². The summed E-state index contributed by atoms with van der Waals surface area (Å²) in [4.78, 5) is 56.4.